The van der Waals surface area contributed by atoms with E-state index in [1.54, 1.807) is 12.1 Å². The Bertz CT molecular complexity index is 1460. The fraction of sp³-hybridized carbons (Fsp3) is 0.333. The number of hydrogen-bond acceptors (Lipinski definition) is 7. The van der Waals surface area contributed by atoms with Crippen molar-refractivity contribution in [3.8, 4) is 5.88 Å². The molecule has 0 spiro atoms. The third kappa shape index (κ3) is 4.55. The molecule has 5 rings (SSSR count). The van der Waals surface area contributed by atoms with E-state index in [9.17, 15) is 13.2 Å². The number of amides is 1. The molecule has 0 aliphatic carbocycles. The second-order valence-electron chi connectivity index (χ2n) is 9.33. The summed E-state index contributed by atoms with van der Waals surface area (Å²) in [6.45, 7) is 4.12. The Morgan fingerprint density at radius 2 is 1.87 bits per heavy atom. The molecule has 1 atom stereocenters. The minimum Gasteiger partial charge on any atom is -0.481 e. The lowest BCUT2D eigenvalue weighted by Gasteiger charge is -2.31. The molecule has 1 N–H and O–H groups in total. The summed E-state index contributed by atoms with van der Waals surface area (Å²) in [6.07, 6.45) is 0.675. The van der Waals surface area contributed by atoms with Crippen molar-refractivity contribution < 1.29 is 22.3 Å². The van der Waals surface area contributed by atoms with Crippen LogP contribution in [0.4, 0.5) is 10.1 Å². The first-order chi connectivity index (χ1) is 18.3. The number of anilines is 1. The highest BCUT2D eigenvalue weighted by Crippen LogP contribution is 2.51. The summed E-state index contributed by atoms with van der Waals surface area (Å²) in [7, 11) is -2.97. The van der Waals surface area contributed by atoms with Crippen LogP contribution >= 0.6 is 11.6 Å². The number of sulfonamides is 1. The number of benzene rings is 2. The number of aromatic nitrogens is 1. The molecular formula is C27H28ClFN4O4S. The number of pyridine rings is 1. The molecule has 38 heavy (non-hydrogen) atoms. The summed E-state index contributed by atoms with van der Waals surface area (Å²) < 4.78 is 49.4. The second kappa shape index (κ2) is 10.6. The van der Waals surface area contributed by atoms with Crippen molar-refractivity contribution in [2.45, 2.75) is 23.2 Å². The van der Waals surface area contributed by atoms with Gasteiger partial charge in [0.05, 0.1) is 23.4 Å². The predicted molar refractivity (Wildman–Crippen MR) is 143 cm³/mol. The van der Waals surface area contributed by atoms with E-state index in [4.69, 9.17) is 16.3 Å². The Morgan fingerprint density at radius 3 is 2.58 bits per heavy atom. The van der Waals surface area contributed by atoms with Gasteiger partial charge in [-0.15, -0.1) is 0 Å². The number of carbonyl (C=O) groups excluding carboxylic acids is 1. The summed E-state index contributed by atoms with van der Waals surface area (Å²) in [5.74, 6) is -1.19. The van der Waals surface area contributed by atoms with Crippen molar-refractivity contribution in [3.63, 3.8) is 0 Å². The molecule has 2 aliphatic rings. The van der Waals surface area contributed by atoms with Gasteiger partial charge in [0.1, 0.15) is 11.2 Å². The highest BCUT2D eigenvalue weighted by Gasteiger charge is 2.58. The summed E-state index contributed by atoms with van der Waals surface area (Å²) in [5.41, 5.74) is -1.37. The highest BCUT2D eigenvalue weighted by atomic mass is 35.5. The molecule has 3 aromatic rings. The molecule has 0 saturated carbocycles. The highest BCUT2D eigenvalue weighted by molar-refractivity contribution is 7.93. The van der Waals surface area contributed by atoms with Crippen LogP contribution in [0.5, 0.6) is 5.88 Å². The summed E-state index contributed by atoms with van der Waals surface area (Å²) in [5, 5.41) is 3.52. The van der Waals surface area contributed by atoms with Gasteiger partial charge < -0.3 is 15.0 Å². The number of carbonyl (C=O) groups is 1. The summed E-state index contributed by atoms with van der Waals surface area (Å²) >= 11 is 6.09. The summed E-state index contributed by atoms with van der Waals surface area (Å²) in [4.78, 5) is 21.2. The van der Waals surface area contributed by atoms with E-state index in [-0.39, 0.29) is 39.2 Å². The smallest absolute Gasteiger partial charge is 0.271 e. The van der Waals surface area contributed by atoms with Gasteiger partial charge in [0.15, 0.2) is 0 Å². The van der Waals surface area contributed by atoms with E-state index in [0.717, 1.165) is 30.5 Å². The van der Waals surface area contributed by atoms with Crippen LogP contribution in [0.25, 0.3) is 0 Å². The zero-order chi connectivity index (χ0) is 26.9. The van der Waals surface area contributed by atoms with E-state index >= 15 is 4.39 Å². The molecule has 200 valence electrons. The van der Waals surface area contributed by atoms with Crippen molar-refractivity contribution in [2.24, 2.45) is 0 Å². The van der Waals surface area contributed by atoms with E-state index in [0.29, 0.717) is 13.0 Å². The zero-order valence-electron chi connectivity index (χ0n) is 20.9. The molecule has 1 amide bonds. The number of nitrogens with zero attached hydrogens (tertiary/aromatic N) is 3. The molecule has 3 heterocycles. The number of piperazine rings is 1. The van der Waals surface area contributed by atoms with Gasteiger partial charge in [0.25, 0.3) is 15.9 Å². The quantitative estimate of drug-likeness (QED) is 0.452. The standard InChI is InChI=1S/C27H28ClFN4O4S/c1-37-24-11-10-23-25(31-24)27(21-8-2-3-9-22(21)29,12-5-15-32-16-13-30-14-17-32)26(34)33(23)38(35,36)20-7-4-6-19(28)18-20/h2-4,6-11,18,30H,5,12-17H2,1H3. The largest absolute Gasteiger partial charge is 0.481 e. The van der Waals surface area contributed by atoms with Crippen LogP contribution in [0.1, 0.15) is 24.1 Å². The Kier molecular flexibility index (Phi) is 7.41. The molecule has 8 nitrogen and oxygen atoms in total. The molecule has 1 fully saturated rings. The minimum absolute atomic E-state index is 0.0706. The van der Waals surface area contributed by atoms with Crippen LogP contribution in [-0.4, -0.2) is 64.0 Å². The van der Waals surface area contributed by atoms with Crippen molar-refractivity contribution in [3.05, 3.63) is 82.8 Å². The molecule has 1 unspecified atom stereocenters. The first kappa shape index (κ1) is 26.6. The number of hydrogen-bond donors (Lipinski definition) is 1. The Morgan fingerprint density at radius 1 is 1.11 bits per heavy atom. The fourth-order valence-corrected chi connectivity index (χ4v) is 7.07. The number of ether oxygens (including phenoxy) is 1. The van der Waals surface area contributed by atoms with Crippen LogP contribution < -0.4 is 14.4 Å². The van der Waals surface area contributed by atoms with Crippen LogP contribution in [0, 0.1) is 5.82 Å². The van der Waals surface area contributed by atoms with Crippen molar-refractivity contribution in [2.75, 3.05) is 44.1 Å². The van der Waals surface area contributed by atoms with Crippen LogP contribution in [0.15, 0.2) is 65.6 Å². The first-order valence-electron chi connectivity index (χ1n) is 12.4. The predicted octanol–water partition coefficient (Wildman–Crippen LogP) is 3.59. The molecule has 0 radical (unpaired) electrons. The maximum Gasteiger partial charge on any atom is 0.271 e. The third-order valence-corrected chi connectivity index (χ3v) is 9.06. The third-order valence-electron chi connectivity index (χ3n) is 7.13. The number of methoxy groups -OCH3 is 1. The number of rotatable bonds is 8. The van der Waals surface area contributed by atoms with Gasteiger partial charge in [0, 0.05) is 42.8 Å². The number of fused-ring (bicyclic) bond motifs is 1. The van der Waals surface area contributed by atoms with Gasteiger partial charge in [-0.05, 0) is 49.7 Å². The Hall–Kier alpha value is -3.05. The van der Waals surface area contributed by atoms with Gasteiger partial charge in [-0.3, -0.25) is 4.79 Å². The normalized spacial score (nSPS) is 20.0. The average Bonchev–Trinajstić information content (AvgIpc) is 3.17. The van der Waals surface area contributed by atoms with Crippen molar-refractivity contribution >= 4 is 33.2 Å². The SMILES string of the molecule is COc1ccc2c(n1)C(CCCN1CCNCC1)(c1ccccc1F)C(=O)N2S(=O)(=O)c1cccc(Cl)c1. The molecule has 2 aliphatic heterocycles. The van der Waals surface area contributed by atoms with E-state index < -0.39 is 27.2 Å². The van der Waals surface area contributed by atoms with Crippen LogP contribution in [0.3, 0.4) is 0 Å². The maximum absolute atomic E-state index is 15.5. The molecule has 0 bridgehead atoms. The second-order valence-corrected chi connectivity index (χ2v) is 11.6. The maximum atomic E-state index is 15.5. The van der Waals surface area contributed by atoms with Gasteiger partial charge in [-0.2, -0.15) is 4.31 Å². The van der Waals surface area contributed by atoms with Gasteiger partial charge in [0.2, 0.25) is 5.88 Å². The van der Waals surface area contributed by atoms with Crippen LogP contribution in [0.2, 0.25) is 5.02 Å². The zero-order valence-corrected chi connectivity index (χ0v) is 22.4. The number of nitrogens with one attached hydrogen (secondary N) is 1. The average molecular weight is 559 g/mol. The van der Waals surface area contributed by atoms with Gasteiger partial charge in [-0.1, -0.05) is 35.9 Å². The Balaban J connectivity index is 1.67. The molecule has 1 saturated heterocycles. The Labute approximate surface area is 226 Å². The fourth-order valence-electron chi connectivity index (χ4n) is 5.29. The lowest BCUT2D eigenvalue weighted by Crippen LogP contribution is -2.46. The van der Waals surface area contributed by atoms with E-state index in [1.165, 1.54) is 55.6 Å². The van der Waals surface area contributed by atoms with Gasteiger partial charge in [-0.25, -0.2) is 17.8 Å². The summed E-state index contributed by atoms with van der Waals surface area (Å²) in [6, 6.07) is 14.7. The number of halogens is 2. The van der Waals surface area contributed by atoms with E-state index in [2.05, 4.69) is 15.2 Å². The van der Waals surface area contributed by atoms with Crippen molar-refractivity contribution in [1.29, 1.82) is 0 Å². The lowest BCUT2D eigenvalue weighted by atomic mass is 9.74. The lowest BCUT2D eigenvalue weighted by molar-refractivity contribution is -0.121. The monoisotopic (exact) mass is 558 g/mol. The van der Waals surface area contributed by atoms with Crippen LogP contribution in [-0.2, 0) is 20.2 Å². The molecule has 2 aromatic carbocycles. The van der Waals surface area contributed by atoms with Crippen molar-refractivity contribution in [1.82, 2.24) is 15.2 Å². The van der Waals surface area contributed by atoms with E-state index in [1.807, 2.05) is 0 Å². The first-order valence-corrected chi connectivity index (χ1v) is 14.2. The molecular weight excluding hydrogens is 531 g/mol. The molecule has 11 heteroatoms. The topological polar surface area (TPSA) is 91.8 Å². The molecule has 1 aromatic heterocycles. The minimum atomic E-state index is -4.40. The van der Waals surface area contributed by atoms with Gasteiger partial charge >= 0.3 is 0 Å².